The highest BCUT2D eigenvalue weighted by molar-refractivity contribution is 5.12. The van der Waals surface area contributed by atoms with Gasteiger partial charge in [-0.1, -0.05) is 0 Å². The Morgan fingerprint density at radius 1 is 1.42 bits per heavy atom. The second kappa shape index (κ2) is 5.23. The first-order chi connectivity index (χ1) is 9.19. The van der Waals surface area contributed by atoms with Crippen LogP contribution in [0.1, 0.15) is 37.3 Å². The molecule has 0 aliphatic carbocycles. The van der Waals surface area contributed by atoms with Gasteiger partial charge in [-0.25, -0.2) is 0 Å². The summed E-state index contributed by atoms with van der Waals surface area (Å²) in [4.78, 5) is 0. The third kappa shape index (κ3) is 2.68. The van der Waals surface area contributed by atoms with E-state index < -0.39 is 0 Å². The minimum atomic E-state index is 0.0149. The summed E-state index contributed by atoms with van der Waals surface area (Å²) in [6, 6.07) is 0.0670. The molecule has 2 fully saturated rings. The Labute approximate surface area is 114 Å². The van der Waals surface area contributed by atoms with E-state index in [9.17, 15) is 0 Å². The third-order valence-corrected chi connectivity index (χ3v) is 4.55. The van der Waals surface area contributed by atoms with Gasteiger partial charge >= 0.3 is 0 Å². The lowest BCUT2D eigenvalue weighted by Crippen LogP contribution is -2.46. The summed E-state index contributed by atoms with van der Waals surface area (Å²) in [5.41, 5.74) is 7.58. The zero-order valence-corrected chi connectivity index (χ0v) is 11.5. The molecule has 5 heteroatoms. The highest BCUT2D eigenvalue weighted by Gasteiger charge is 2.40. The molecule has 0 amide bonds. The smallest absolute Gasteiger partial charge is 0.0729 e. The average molecular weight is 265 g/mol. The molecule has 2 unspecified atom stereocenters. The van der Waals surface area contributed by atoms with Crippen molar-refractivity contribution in [1.29, 1.82) is 0 Å². The maximum absolute atomic E-state index is 6.43. The van der Waals surface area contributed by atoms with Crippen molar-refractivity contribution in [3.63, 3.8) is 0 Å². The first-order valence-electron chi connectivity index (χ1n) is 7.14. The highest BCUT2D eigenvalue weighted by atomic mass is 16.5. The van der Waals surface area contributed by atoms with Gasteiger partial charge in [-0.15, -0.1) is 0 Å². The predicted molar refractivity (Wildman–Crippen MR) is 71.6 cm³/mol. The van der Waals surface area contributed by atoms with E-state index in [1.807, 2.05) is 24.1 Å². The Bertz CT molecular complexity index is 421. The topological polar surface area (TPSA) is 62.3 Å². The van der Waals surface area contributed by atoms with Crippen LogP contribution in [-0.2, 0) is 16.5 Å². The lowest BCUT2D eigenvalue weighted by Gasteiger charge is -2.44. The van der Waals surface area contributed by atoms with Gasteiger partial charge in [-0.2, -0.15) is 5.10 Å². The minimum Gasteiger partial charge on any atom is -0.381 e. The van der Waals surface area contributed by atoms with Gasteiger partial charge in [0.05, 0.1) is 11.8 Å². The van der Waals surface area contributed by atoms with Gasteiger partial charge in [0.1, 0.15) is 0 Å². The van der Waals surface area contributed by atoms with Gasteiger partial charge in [0.15, 0.2) is 0 Å². The van der Waals surface area contributed by atoms with Crippen LogP contribution in [0.25, 0.3) is 0 Å². The Hall–Kier alpha value is -0.910. The summed E-state index contributed by atoms with van der Waals surface area (Å²) in [5, 5.41) is 4.22. The monoisotopic (exact) mass is 265 g/mol. The molecule has 0 radical (unpaired) electrons. The Morgan fingerprint density at radius 3 is 2.89 bits per heavy atom. The van der Waals surface area contributed by atoms with Crippen LogP contribution in [0, 0.1) is 5.92 Å². The number of aromatic nitrogens is 2. The van der Waals surface area contributed by atoms with Gasteiger partial charge in [0.2, 0.25) is 0 Å². The van der Waals surface area contributed by atoms with Crippen LogP contribution in [0.5, 0.6) is 0 Å². The standard InChI is InChI=1S/C14H23N3O2/c1-17-10-12(9-16-17)13(15)11-2-5-19-14(8-11)3-6-18-7-4-14/h9-11,13H,2-8,15H2,1H3. The molecular formula is C14H23N3O2. The molecule has 2 aliphatic heterocycles. The lowest BCUT2D eigenvalue weighted by molar-refractivity contribution is -0.149. The number of nitrogens with two attached hydrogens (primary N) is 1. The normalized spacial score (nSPS) is 28.4. The molecule has 2 aliphatic rings. The zero-order chi connectivity index (χ0) is 13.3. The zero-order valence-electron chi connectivity index (χ0n) is 11.5. The summed E-state index contributed by atoms with van der Waals surface area (Å²) in [7, 11) is 1.93. The number of ether oxygens (including phenoxy) is 2. The number of aryl methyl sites for hydroxylation is 1. The maximum atomic E-state index is 6.43. The summed E-state index contributed by atoms with van der Waals surface area (Å²) < 4.78 is 13.3. The molecule has 19 heavy (non-hydrogen) atoms. The molecule has 106 valence electrons. The van der Waals surface area contributed by atoms with E-state index in [-0.39, 0.29) is 11.6 Å². The molecule has 0 saturated carbocycles. The van der Waals surface area contributed by atoms with E-state index in [4.69, 9.17) is 15.2 Å². The fourth-order valence-electron chi connectivity index (χ4n) is 3.35. The fourth-order valence-corrected chi connectivity index (χ4v) is 3.35. The van der Waals surface area contributed by atoms with E-state index in [0.717, 1.165) is 51.1 Å². The first kappa shape index (κ1) is 13.1. The predicted octanol–water partition coefficient (Wildman–Crippen LogP) is 1.40. The molecule has 1 spiro atoms. The molecule has 1 aromatic heterocycles. The van der Waals surface area contributed by atoms with Gasteiger partial charge < -0.3 is 15.2 Å². The highest BCUT2D eigenvalue weighted by Crippen LogP contribution is 2.40. The van der Waals surface area contributed by atoms with Gasteiger partial charge in [0.25, 0.3) is 0 Å². The molecule has 3 rings (SSSR count). The Morgan fingerprint density at radius 2 is 2.21 bits per heavy atom. The van der Waals surface area contributed by atoms with Crippen LogP contribution in [0.15, 0.2) is 12.4 Å². The molecule has 2 N–H and O–H groups in total. The van der Waals surface area contributed by atoms with E-state index in [2.05, 4.69) is 5.10 Å². The molecule has 0 bridgehead atoms. The summed E-state index contributed by atoms with van der Waals surface area (Å²) in [5.74, 6) is 0.482. The molecule has 2 saturated heterocycles. The quantitative estimate of drug-likeness (QED) is 0.878. The van der Waals surface area contributed by atoms with Crippen LogP contribution in [0.3, 0.4) is 0 Å². The first-order valence-corrected chi connectivity index (χ1v) is 7.14. The van der Waals surface area contributed by atoms with Crippen LogP contribution in [0.4, 0.5) is 0 Å². The van der Waals surface area contributed by atoms with Crippen LogP contribution >= 0.6 is 0 Å². The number of nitrogens with zero attached hydrogens (tertiary/aromatic N) is 2. The molecule has 1 aromatic rings. The van der Waals surface area contributed by atoms with Crippen molar-refractivity contribution in [2.24, 2.45) is 18.7 Å². The van der Waals surface area contributed by atoms with Gasteiger partial charge in [0, 0.05) is 44.7 Å². The van der Waals surface area contributed by atoms with E-state index >= 15 is 0 Å². The van der Waals surface area contributed by atoms with Crippen molar-refractivity contribution in [3.8, 4) is 0 Å². The Balaban J connectivity index is 1.70. The number of hydrogen-bond donors (Lipinski definition) is 1. The fraction of sp³-hybridized carbons (Fsp3) is 0.786. The number of hydrogen-bond acceptors (Lipinski definition) is 4. The van der Waals surface area contributed by atoms with Crippen molar-refractivity contribution < 1.29 is 9.47 Å². The Kier molecular flexibility index (Phi) is 3.60. The van der Waals surface area contributed by atoms with Crippen molar-refractivity contribution in [2.75, 3.05) is 19.8 Å². The molecular weight excluding hydrogens is 242 g/mol. The lowest BCUT2D eigenvalue weighted by atomic mass is 9.77. The van der Waals surface area contributed by atoms with Crippen molar-refractivity contribution >= 4 is 0 Å². The number of rotatable bonds is 2. The summed E-state index contributed by atoms with van der Waals surface area (Å²) in [6.07, 6.45) is 8.01. The van der Waals surface area contributed by atoms with E-state index in [0.29, 0.717) is 5.92 Å². The minimum absolute atomic E-state index is 0.0149. The SMILES string of the molecule is Cn1cc(C(N)C2CCOC3(CCOCC3)C2)cn1. The van der Waals surface area contributed by atoms with E-state index in [1.54, 1.807) is 0 Å². The molecule has 0 aromatic carbocycles. The largest absolute Gasteiger partial charge is 0.381 e. The van der Waals surface area contributed by atoms with Crippen LogP contribution in [0.2, 0.25) is 0 Å². The van der Waals surface area contributed by atoms with Crippen LogP contribution < -0.4 is 5.73 Å². The maximum Gasteiger partial charge on any atom is 0.0729 e. The van der Waals surface area contributed by atoms with Crippen molar-refractivity contribution in [2.45, 2.75) is 37.3 Å². The van der Waals surface area contributed by atoms with Crippen molar-refractivity contribution in [1.82, 2.24) is 9.78 Å². The molecule has 2 atom stereocenters. The molecule has 5 nitrogen and oxygen atoms in total. The second-order valence-corrected chi connectivity index (χ2v) is 5.87. The van der Waals surface area contributed by atoms with Gasteiger partial charge in [-0.05, 0) is 31.6 Å². The molecule has 3 heterocycles. The second-order valence-electron chi connectivity index (χ2n) is 5.87. The summed E-state index contributed by atoms with van der Waals surface area (Å²) in [6.45, 7) is 2.45. The van der Waals surface area contributed by atoms with Crippen LogP contribution in [-0.4, -0.2) is 35.2 Å². The average Bonchev–Trinajstić information content (AvgIpc) is 2.85. The van der Waals surface area contributed by atoms with Crippen molar-refractivity contribution in [3.05, 3.63) is 18.0 Å². The third-order valence-electron chi connectivity index (χ3n) is 4.55. The summed E-state index contributed by atoms with van der Waals surface area (Å²) >= 11 is 0. The van der Waals surface area contributed by atoms with Gasteiger partial charge in [-0.3, -0.25) is 4.68 Å². The van der Waals surface area contributed by atoms with E-state index in [1.165, 1.54) is 0 Å².